The fourth-order valence-corrected chi connectivity index (χ4v) is 7.66. The van der Waals surface area contributed by atoms with Crippen molar-refractivity contribution in [2.45, 2.75) is 25.3 Å². The molecule has 69 heavy (non-hydrogen) atoms. The van der Waals surface area contributed by atoms with E-state index in [2.05, 4.69) is 30.9 Å². The molecule has 5 N–H and O–H groups in total. The lowest BCUT2D eigenvalue weighted by Crippen LogP contribution is -2.45. The summed E-state index contributed by atoms with van der Waals surface area (Å²) >= 11 is 0. The minimum atomic E-state index is -1.17. The maximum Gasteiger partial charge on any atom is 0.217 e. The molecule has 5 heterocycles. The molecular formula is C54H46ClN7O7. The average Bonchev–Trinajstić information content (AvgIpc) is 4.21. The van der Waals surface area contributed by atoms with Gasteiger partial charge in [0.15, 0.2) is 17.8 Å². The zero-order chi connectivity index (χ0) is 46.1. The van der Waals surface area contributed by atoms with E-state index in [-0.39, 0.29) is 18.2 Å². The number of nitrogens with one attached hydrogen (secondary N) is 3. The number of rotatable bonds is 14. The van der Waals surface area contributed by atoms with Gasteiger partial charge in [-0.3, -0.25) is 10.5 Å². The van der Waals surface area contributed by atoms with Crippen LogP contribution in [0.15, 0.2) is 190 Å². The lowest BCUT2D eigenvalue weighted by molar-refractivity contribution is -0.0585. The highest BCUT2D eigenvalue weighted by Crippen LogP contribution is 2.37. The number of aromatic nitrogens is 2. The molecule has 0 amide bonds. The van der Waals surface area contributed by atoms with Crippen molar-refractivity contribution in [1.29, 1.82) is 0 Å². The van der Waals surface area contributed by atoms with Gasteiger partial charge >= 0.3 is 0 Å². The van der Waals surface area contributed by atoms with Crippen molar-refractivity contribution in [2.75, 3.05) is 29.2 Å². The average molecular weight is 940 g/mol. The molecule has 1 saturated heterocycles. The molecule has 1 unspecified atom stereocenters. The van der Waals surface area contributed by atoms with Crippen molar-refractivity contribution >= 4 is 58.8 Å². The van der Waals surface area contributed by atoms with E-state index in [1.807, 2.05) is 158 Å². The third-order valence-corrected chi connectivity index (χ3v) is 11.1. The molecule has 0 aliphatic carbocycles. The van der Waals surface area contributed by atoms with E-state index in [0.29, 0.717) is 55.8 Å². The fraction of sp³-hybridized carbons (Fsp3) is 0.111. The van der Waals surface area contributed by atoms with Gasteiger partial charge in [-0.25, -0.2) is 15.0 Å². The number of carbonyl (C=O) groups excluding carboxylic acids is 1. The van der Waals surface area contributed by atoms with E-state index in [9.17, 15) is 4.79 Å². The SMILES string of the molecule is Cl.NC1(Nc2ccc(OCc3ccccc3)cc2)N=CNc2ccc(-c3ccc(C4OCCO4)o3)cc21.O=Cc1ccc(-c2ccc3ncnc(Nc4ccc(OCc5ccccc5)cc4)c3c2)o1. The molecule has 0 saturated carbocycles. The van der Waals surface area contributed by atoms with Crippen LogP contribution in [0.3, 0.4) is 0 Å². The lowest BCUT2D eigenvalue weighted by Gasteiger charge is -2.32. The number of aliphatic imine (C=N–C) groups is 1. The topological polar surface area (TPSA) is 181 Å². The number of benzene rings is 6. The number of fused-ring (bicyclic) bond motifs is 2. The summed E-state index contributed by atoms with van der Waals surface area (Å²) in [6.45, 7) is 2.15. The largest absolute Gasteiger partial charge is 0.489 e. The van der Waals surface area contributed by atoms with Crippen LogP contribution in [0, 0.1) is 0 Å². The Morgan fingerprint density at radius 3 is 1.97 bits per heavy atom. The van der Waals surface area contributed by atoms with Gasteiger partial charge in [0, 0.05) is 39.1 Å². The van der Waals surface area contributed by atoms with Crippen LogP contribution in [0.5, 0.6) is 11.5 Å². The standard InChI is InChI=1S/C28H26N4O4.C26H19N3O3.ClH/c29-28(32-21-7-9-22(10-8-21)35-17-19-4-2-1-3-5-19)23-16-20(6-11-24(23)30-18-31-28)25-12-13-26(36-25)27-33-14-15-34-27;30-15-22-11-13-25(32-22)19-6-12-24-23(14-19)26(28-17-27-24)29-20-7-9-21(10-8-20)31-16-18-4-2-1-3-5-18;/h1-13,16,18,27,32H,14-15,17,29H2,(H,30,31);1-15,17H,16H2,(H,27,28,29);1H. The summed E-state index contributed by atoms with van der Waals surface area (Å²) in [4.78, 5) is 24.2. The van der Waals surface area contributed by atoms with E-state index in [0.717, 1.165) is 67.3 Å². The van der Waals surface area contributed by atoms with E-state index in [4.69, 9.17) is 33.5 Å². The highest BCUT2D eigenvalue weighted by Gasteiger charge is 2.32. The second-order valence-corrected chi connectivity index (χ2v) is 15.8. The van der Waals surface area contributed by atoms with Crippen LogP contribution in [-0.4, -0.2) is 35.8 Å². The Kier molecular flexibility index (Phi) is 14.0. The van der Waals surface area contributed by atoms with Crippen LogP contribution in [0.4, 0.5) is 22.9 Å². The van der Waals surface area contributed by atoms with Crippen LogP contribution in [0.25, 0.3) is 33.6 Å². The lowest BCUT2D eigenvalue weighted by atomic mass is 10.00. The molecule has 0 spiro atoms. The molecule has 1 fully saturated rings. The molecule has 1 atom stereocenters. The van der Waals surface area contributed by atoms with Crippen molar-refractivity contribution in [2.24, 2.45) is 10.7 Å². The van der Waals surface area contributed by atoms with Crippen LogP contribution < -0.4 is 31.2 Å². The predicted octanol–water partition coefficient (Wildman–Crippen LogP) is 11.7. The van der Waals surface area contributed by atoms with E-state index in [1.54, 1.807) is 18.5 Å². The van der Waals surface area contributed by atoms with Gasteiger partial charge in [0.1, 0.15) is 48.4 Å². The zero-order valence-corrected chi connectivity index (χ0v) is 37.8. The summed E-state index contributed by atoms with van der Waals surface area (Å²) < 4.78 is 34.4. The predicted molar refractivity (Wildman–Crippen MR) is 268 cm³/mol. The molecule has 9 aromatic rings. The van der Waals surface area contributed by atoms with E-state index < -0.39 is 12.1 Å². The van der Waals surface area contributed by atoms with Gasteiger partial charge in [-0.15, -0.1) is 12.4 Å². The molecule has 15 heteroatoms. The van der Waals surface area contributed by atoms with Crippen LogP contribution >= 0.6 is 12.4 Å². The number of hydrogen-bond donors (Lipinski definition) is 4. The minimum Gasteiger partial charge on any atom is -0.489 e. The third-order valence-electron chi connectivity index (χ3n) is 11.1. The normalized spacial score (nSPS) is 14.9. The Morgan fingerprint density at radius 1 is 0.681 bits per heavy atom. The Bertz CT molecular complexity index is 3160. The first-order valence-corrected chi connectivity index (χ1v) is 21.9. The van der Waals surface area contributed by atoms with Gasteiger partial charge in [-0.05, 0) is 120 Å². The Labute approximate surface area is 403 Å². The highest BCUT2D eigenvalue weighted by molar-refractivity contribution is 5.93. The number of halogens is 1. The Balaban J connectivity index is 0.000000171. The maximum atomic E-state index is 10.9. The summed E-state index contributed by atoms with van der Waals surface area (Å²) in [6.07, 6.45) is 3.36. The van der Waals surface area contributed by atoms with Gasteiger partial charge in [-0.2, -0.15) is 0 Å². The molecule has 2 aliphatic heterocycles. The van der Waals surface area contributed by atoms with Gasteiger partial charge in [-0.1, -0.05) is 60.7 Å². The third kappa shape index (κ3) is 11.0. The van der Waals surface area contributed by atoms with Gasteiger partial charge < -0.3 is 43.7 Å². The Morgan fingerprint density at radius 2 is 1.30 bits per heavy atom. The first-order chi connectivity index (χ1) is 33.4. The Hall–Kier alpha value is -8.27. The van der Waals surface area contributed by atoms with E-state index >= 15 is 0 Å². The van der Waals surface area contributed by atoms with Crippen molar-refractivity contribution in [1.82, 2.24) is 9.97 Å². The maximum absolute atomic E-state index is 10.9. The summed E-state index contributed by atoms with van der Waals surface area (Å²) in [6, 6.07) is 54.4. The first-order valence-electron chi connectivity index (χ1n) is 21.9. The number of carbonyl (C=O) groups is 1. The molecule has 2 aliphatic rings. The second-order valence-electron chi connectivity index (χ2n) is 15.8. The smallest absolute Gasteiger partial charge is 0.217 e. The number of aldehydes is 1. The number of nitrogens with zero attached hydrogens (tertiary/aromatic N) is 3. The summed E-state index contributed by atoms with van der Waals surface area (Å²) in [5.41, 5.74) is 14.9. The molecule has 6 aromatic carbocycles. The van der Waals surface area contributed by atoms with Gasteiger partial charge in [0.05, 0.1) is 25.1 Å². The van der Waals surface area contributed by atoms with Crippen LogP contribution in [-0.2, 0) is 28.5 Å². The minimum absolute atomic E-state index is 0. The van der Waals surface area contributed by atoms with Crippen LogP contribution in [0.2, 0.25) is 0 Å². The number of furan rings is 2. The van der Waals surface area contributed by atoms with Crippen molar-refractivity contribution in [3.63, 3.8) is 0 Å². The monoisotopic (exact) mass is 939 g/mol. The summed E-state index contributed by atoms with van der Waals surface area (Å²) in [7, 11) is 0. The highest BCUT2D eigenvalue weighted by atomic mass is 35.5. The molecule has 0 radical (unpaired) electrons. The number of hydrogen-bond acceptors (Lipinski definition) is 14. The molecule has 3 aromatic heterocycles. The number of nitrogens with two attached hydrogens (primary N) is 1. The quantitative estimate of drug-likeness (QED) is 0.0598. The van der Waals surface area contributed by atoms with Crippen molar-refractivity contribution < 1.29 is 32.6 Å². The van der Waals surface area contributed by atoms with Gasteiger partial charge in [0.2, 0.25) is 12.1 Å². The molecule has 14 nitrogen and oxygen atoms in total. The molecular weight excluding hydrogens is 894 g/mol. The van der Waals surface area contributed by atoms with Crippen LogP contribution in [0.1, 0.15) is 39.3 Å². The zero-order valence-electron chi connectivity index (χ0n) is 37.0. The van der Waals surface area contributed by atoms with Gasteiger partial charge in [0.25, 0.3) is 0 Å². The summed E-state index contributed by atoms with van der Waals surface area (Å²) in [5.74, 6) is 3.31. The molecule has 0 bridgehead atoms. The van der Waals surface area contributed by atoms with E-state index in [1.165, 1.54) is 6.33 Å². The van der Waals surface area contributed by atoms with Crippen molar-refractivity contribution in [3.8, 4) is 34.1 Å². The fourth-order valence-electron chi connectivity index (χ4n) is 7.66. The van der Waals surface area contributed by atoms with Crippen molar-refractivity contribution in [3.05, 3.63) is 204 Å². The summed E-state index contributed by atoms with van der Waals surface area (Å²) in [5, 5.41) is 10.7. The molecule has 11 rings (SSSR count). The number of anilines is 4. The number of ether oxygens (including phenoxy) is 4. The first kappa shape index (κ1) is 45.9. The molecule has 346 valence electrons. The second kappa shape index (κ2) is 21.1.